The van der Waals surface area contributed by atoms with Gasteiger partial charge in [-0.05, 0) is 17.7 Å². The van der Waals surface area contributed by atoms with Gasteiger partial charge in [-0.3, -0.25) is 0 Å². The molecule has 0 unspecified atom stereocenters. The molecule has 0 aliphatic carbocycles. The highest BCUT2D eigenvalue weighted by Crippen LogP contribution is 2.20. The Labute approximate surface area is 138 Å². The van der Waals surface area contributed by atoms with Crippen molar-refractivity contribution in [2.24, 2.45) is 5.16 Å². The van der Waals surface area contributed by atoms with Gasteiger partial charge in [0.1, 0.15) is 31.4 Å². The normalized spacial score (nSPS) is 11.3. The summed E-state index contributed by atoms with van der Waals surface area (Å²) >= 11 is 0. The molecule has 0 aliphatic rings. The van der Waals surface area contributed by atoms with E-state index >= 15 is 0 Å². The molecule has 0 N–H and O–H groups in total. The molecule has 0 spiro atoms. The first-order valence-electron chi connectivity index (χ1n) is 7.27. The van der Waals surface area contributed by atoms with Crippen LogP contribution in [0.1, 0.15) is 16.8 Å². The number of hydrogen-bond donors (Lipinski definition) is 0. The third kappa shape index (κ3) is 3.43. The molecular formula is C18H15FN2O3. The van der Waals surface area contributed by atoms with E-state index in [1.165, 1.54) is 19.4 Å². The first kappa shape index (κ1) is 15.7. The van der Waals surface area contributed by atoms with Gasteiger partial charge < -0.3 is 14.1 Å². The average molecular weight is 326 g/mol. The van der Waals surface area contributed by atoms with E-state index in [0.29, 0.717) is 11.4 Å². The van der Waals surface area contributed by atoms with Crippen molar-refractivity contribution in [1.29, 1.82) is 0 Å². The maximum Gasteiger partial charge on any atom is 0.165 e. The molecule has 0 bridgehead atoms. The lowest BCUT2D eigenvalue weighted by Crippen LogP contribution is -2.10. The molecule has 0 saturated carbocycles. The fraction of sp³-hybridized carbons (Fsp3) is 0.111. The lowest BCUT2D eigenvalue weighted by Gasteiger charge is -2.12. The van der Waals surface area contributed by atoms with Gasteiger partial charge in [0.2, 0.25) is 0 Å². The molecule has 2 aromatic carbocycles. The first-order chi connectivity index (χ1) is 11.8. The highest BCUT2D eigenvalue weighted by molar-refractivity contribution is 6.12. The zero-order valence-corrected chi connectivity index (χ0v) is 13.0. The van der Waals surface area contributed by atoms with E-state index < -0.39 is 5.82 Å². The van der Waals surface area contributed by atoms with E-state index in [9.17, 15) is 4.39 Å². The van der Waals surface area contributed by atoms with Crippen molar-refractivity contribution >= 4 is 5.71 Å². The molecular weight excluding hydrogens is 311 g/mol. The summed E-state index contributed by atoms with van der Waals surface area (Å²) in [5, 5.41) is 7.93. The van der Waals surface area contributed by atoms with Crippen molar-refractivity contribution in [3.8, 4) is 5.75 Å². The van der Waals surface area contributed by atoms with Crippen molar-refractivity contribution in [3.05, 3.63) is 83.5 Å². The Balaban J connectivity index is 1.90. The van der Waals surface area contributed by atoms with Crippen LogP contribution in [-0.2, 0) is 11.4 Å². The average Bonchev–Trinajstić information content (AvgIpc) is 3.14. The number of nitrogens with zero attached hydrogens (tertiary/aromatic N) is 2. The molecule has 3 rings (SSSR count). The Morgan fingerprint density at radius 2 is 1.92 bits per heavy atom. The van der Waals surface area contributed by atoms with Crippen LogP contribution in [0.2, 0.25) is 0 Å². The highest BCUT2D eigenvalue weighted by atomic mass is 19.1. The summed E-state index contributed by atoms with van der Waals surface area (Å²) in [5.41, 5.74) is 2.64. The van der Waals surface area contributed by atoms with E-state index in [1.807, 2.05) is 24.3 Å². The SMILES string of the molecule is CO/N=C(\c1ccon1)c1ccccc1COc1ccccc1F. The van der Waals surface area contributed by atoms with E-state index in [4.69, 9.17) is 14.1 Å². The number of hydrogen-bond acceptors (Lipinski definition) is 5. The lowest BCUT2D eigenvalue weighted by atomic mass is 10.0. The minimum absolute atomic E-state index is 0.178. The predicted octanol–water partition coefficient (Wildman–Crippen LogP) is 3.79. The van der Waals surface area contributed by atoms with Crippen molar-refractivity contribution in [1.82, 2.24) is 5.16 Å². The molecule has 0 aliphatic heterocycles. The van der Waals surface area contributed by atoms with Crippen LogP contribution in [0.5, 0.6) is 5.75 Å². The minimum atomic E-state index is -0.405. The highest BCUT2D eigenvalue weighted by Gasteiger charge is 2.16. The molecule has 0 saturated heterocycles. The Bertz CT molecular complexity index is 832. The van der Waals surface area contributed by atoms with Crippen molar-refractivity contribution < 1.29 is 18.5 Å². The molecule has 5 nitrogen and oxygen atoms in total. The Morgan fingerprint density at radius 3 is 2.67 bits per heavy atom. The van der Waals surface area contributed by atoms with Crippen LogP contribution >= 0.6 is 0 Å². The molecule has 0 fully saturated rings. The van der Waals surface area contributed by atoms with Crippen molar-refractivity contribution in [2.75, 3.05) is 7.11 Å². The van der Waals surface area contributed by atoms with Gasteiger partial charge in [-0.2, -0.15) is 0 Å². The molecule has 24 heavy (non-hydrogen) atoms. The van der Waals surface area contributed by atoms with Gasteiger partial charge in [-0.15, -0.1) is 0 Å². The Morgan fingerprint density at radius 1 is 1.12 bits per heavy atom. The monoisotopic (exact) mass is 326 g/mol. The van der Waals surface area contributed by atoms with Gasteiger partial charge in [0.05, 0.1) is 0 Å². The van der Waals surface area contributed by atoms with Gasteiger partial charge in [-0.1, -0.05) is 46.7 Å². The molecule has 1 heterocycles. The zero-order chi connectivity index (χ0) is 16.8. The van der Waals surface area contributed by atoms with Gasteiger partial charge in [0.15, 0.2) is 11.6 Å². The lowest BCUT2D eigenvalue weighted by molar-refractivity contribution is 0.213. The Hall–Kier alpha value is -3.15. The molecule has 0 amide bonds. The summed E-state index contributed by atoms with van der Waals surface area (Å²) in [5.74, 6) is -0.212. The molecule has 0 radical (unpaired) electrons. The van der Waals surface area contributed by atoms with E-state index in [2.05, 4.69) is 10.3 Å². The molecule has 3 aromatic rings. The largest absolute Gasteiger partial charge is 0.486 e. The molecule has 0 atom stereocenters. The predicted molar refractivity (Wildman–Crippen MR) is 86.3 cm³/mol. The fourth-order valence-corrected chi connectivity index (χ4v) is 2.25. The van der Waals surface area contributed by atoms with Crippen LogP contribution in [0.25, 0.3) is 0 Å². The number of aromatic nitrogens is 1. The fourth-order valence-electron chi connectivity index (χ4n) is 2.25. The standard InChI is InChI=1S/C18H15FN2O3/c1-22-21-18(16-10-11-24-20-16)14-7-3-2-6-13(14)12-23-17-9-5-4-8-15(17)19/h2-11H,12H2,1H3/b21-18-. The van der Waals surface area contributed by atoms with Crippen LogP contribution in [0.4, 0.5) is 4.39 Å². The minimum Gasteiger partial charge on any atom is -0.486 e. The zero-order valence-electron chi connectivity index (χ0n) is 13.0. The van der Waals surface area contributed by atoms with E-state index in [1.54, 1.807) is 24.3 Å². The Kier molecular flexibility index (Phi) is 4.86. The smallest absolute Gasteiger partial charge is 0.165 e. The van der Waals surface area contributed by atoms with Crippen LogP contribution in [0.3, 0.4) is 0 Å². The maximum absolute atomic E-state index is 13.7. The number of para-hydroxylation sites is 1. The summed E-state index contributed by atoms with van der Waals surface area (Å²) in [6, 6.07) is 15.4. The summed E-state index contributed by atoms with van der Waals surface area (Å²) in [4.78, 5) is 4.92. The van der Waals surface area contributed by atoms with Crippen molar-refractivity contribution in [3.63, 3.8) is 0 Å². The van der Waals surface area contributed by atoms with Gasteiger partial charge in [-0.25, -0.2) is 4.39 Å². The second-order valence-corrected chi connectivity index (χ2v) is 4.88. The molecule has 122 valence electrons. The quantitative estimate of drug-likeness (QED) is 0.511. The number of rotatable bonds is 6. The third-order valence-electron chi connectivity index (χ3n) is 3.36. The maximum atomic E-state index is 13.7. The molecule has 6 heteroatoms. The van der Waals surface area contributed by atoms with E-state index in [0.717, 1.165) is 11.1 Å². The van der Waals surface area contributed by atoms with E-state index in [-0.39, 0.29) is 12.4 Å². The second-order valence-electron chi connectivity index (χ2n) is 4.88. The number of oxime groups is 1. The van der Waals surface area contributed by atoms with Crippen LogP contribution < -0.4 is 4.74 Å². The van der Waals surface area contributed by atoms with Gasteiger partial charge in [0, 0.05) is 11.6 Å². The van der Waals surface area contributed by atoms with Crippen molar-refractivity contribution in [2.45, 2.75) is 6.61 Å². The second kappa shape index (κ2) is 7.41. The van der Waals surface area contributed by atoms with Crippen LogP contribution in [-0.4, -0.2) is 18.0 Å². The summed E-state index contributed by atoms with van der Waals surface area (Å²) < 4.78 is 24.2. The number of halogens is 1. The number of ether oxygens (including phenoxy) is 1. The summed E-state index contributed by atoms with van der Waals surface area (Å²) in [6.45, 7) is 0.178. The summed E-state index contributed by atoms with van der Waals surface area (Å²) in [7, 11) is 1.46. The molecule has 1 aromatic heterocycles. The van der Waals surface area contributed by atoms with Gasteiger partial charge in [0.25, 0.3) is 0 Å². The van der Waals surface area contributed by atoms with Crippen LogP contribution in [0.15, 0.2) is 70.5 Å². The van der Waals surface area contributed by atoms with Gasteiger partial charge >= 0.3 is 0 Å². The third-order valence-corrected chi connectivity index (χ3v) is 3.36. The first-order valence-corrected chi connectivity index (χ1v) is 7.27. The summed E-state index contributed by atoms with van der Waals surface area (Å²) in [6.07, 6.45) is 1.46. The topological polar surface area (TPSA) is 56.9 Å². The number of benzene rings is 2. The van der Waals surface area contributed by atoms with Crippen LogP contribution in [0, 0.1) is 5.82 Å².